The Labute approximate surface area is 236 Å². The van der Waals surface area contributed by atoms with Crippen LogP contribution in [-0.4, -0.2) is 44.3 Å². The first kappa shape index (κ1) is 63.9. The first-order valence-corrected chi connectivity index (χ1v) is 8.71. The summed E-state index contributed by atoms with van der Waals surface area (Å²) < 4.78 is 0. The molecule has 0 saturated carbocycles. The summed E-state index contributed by atoms with van der Waals surface area (Å²) in [6.07, 6.45) is 0. The molecule has 0 spiro atoms. The molecule has 0 aromatic carbocycles. The number of carboxylic acid groups (broad SMARTS) is 4. The van der Waals surface area contributed by atoms with Crippen molar-refractivity contribution in [3.8, 4) is 0 Å². The molecule has 0 aliphatic rings. The fraction of sp³-hybridized carbons (Fsp3) is 0.667. The number of carboxylic acids is 4. The van der Waals surface area contributed by atoms with Gasteiger partial charge in [0.1, 0.15) is 0 Å². The zero-order chi connectivity index (χ0) is 24.3. The molecule has 0 aliphatic carbocycles. The second-order valence-corrected chi connectivity index (χ2v) is 10.2. The molecule has 10 heteroatoms. The van der Waals surface area contributed by atoms with E-state index in [4.69, 9.17) is 20.4 Å². The van der Waals surface area contributed by atoms with Crippen molar-refractivity contribution in [1.29, 1.82) is 0 Å². The molecule has 0 rings (SSSR count). The Morgan fingerprint density at radius 1 is 0.353 bits per heavy atom. The molecule has 0 amide bonds. The van der Waals surface area contributed by atoms with Crippen LogP contribution >= 0.6 is 0 Å². The van der Waals surface area contributed by atoms with Gasteiger partial charge in [0.05, 0.1) is 21.7 Å². The average molecular weight is 671 g/mol. The minimum Gasteiger partial charge on any atom is -0.481 e. The zero-order valence-corrected chi connectivity index (χ0v) is 27.6. The first-order chi connectivity index (χ1) is 11.8. The Balaban J connectivity index is -0.0000000267. The molecule has 0 radical (unpaired) electrons. The van der Waals surface area contributed by atoms with Crippen molar-refractivity contribution in [1.82, 2.24) is 0 Å². The van der Waals surface area contributed by atoms with Gasteiger partial charge in [-0.15, -0.1) is 0 Å². The van der Waals surface area contributed by atoms with Gasteiger partial charge in [-0.25, -0.2) is 0 Å². The van der Waals surface area contributed by atoms with Crippen molar-refractivity contribution in [2.45, 2.75) is 83.1 Å². The van der Waals surface area contributed by atoms with E-state index in [1.165, 1.54) is 0 Å². The number of carbonyl (C=O) groups is 4. The molecule has 212 valence electrons. The van der Waals surface area contributed by atoms with E-state index >= 15 is 0 Å². The first-order valence-electron chi connectivity index (χ1n) is 8.71. The minimum atomic E-state index is -0.757. The van der Waals surface area contributed by atoms with Crippen molar-refractivity contribution < 1.29 is 78.6 Å². The van der Waals surface area contributed by atoms with Crippen LogP contribution < -0.4 is 0 Å². The topological polar surface area (TPSA) is 149 Å². The fourth-order valence-electron chi connectivity index (χ4n) is 0. The predicted molar refractivity (Wildman–Crippen MR) is 134 cm³/mol. The van der Waals surface area contributed by atoms with Crippen molar-refractivity contribution >= 4 is 23.9 Å². The molecular formula is C24H52O8Ru2. The van der Waals surface area contributed by atoms with Gasteiger partial charge in [-0.1, -0.05) is 0 Å². The normalized spacial score (nSPS) is 9.29. The van der Waals surface area contributed by atoms with Crippen molar-refractivity contribution in [3.63, 3.8) is 0 Å². The van der Waals surface area contributed by atoms with Gasteiger partial charge >= 0.3 is 62.8 Å². The smallest absolute Gasteiger partial charge is 0.481 e. The van der Waals surface area contributed by atoms with Crippen LogP contribution in [0.25, 0.3) is 0 Å². The molecule has 0 atom stereocenters. The van der Waals surface area contributed by atoms with Crippen molar-refractivity contribution in [2.75, 3.05) is 0 Å². The summed E-state index contributed by atoms with van der Waals surface area (Å²) in [4.78, 5) is 40.1. The Hall–Kier alpha value is -0.873. The largest absolute Gasteiger partial charge is 2.00 e. The Bertz CT molecular complexity index is 423. The van der Waals surface area contributed by atoms with Gasteiger partial charge in [0, 0.05) is 0 Å². The van der Waals surface area contributed by atoms with Gasteiger partial charge in [-0.3, -0.25) is 19.2 Å². The van der Waals surface area contributed by atoms with Crippen LogP contribution in [0.2, 0.25) is 0 Å². The Morgan fingerprint density at radius 2 is 0.382 bits per heavy atom. The van der Waals surface area contributed by atoms with Crippen LogP contribution in [0.15, 0.2) is 0 Å². The Kier molecular flexibility index (Phi) is 47.4. The SMILES string of the molecule is CC(C)(C)C(=O)O.CC(C)(C)C(=O)O.CC(C)(C)C(=O)O.CC(C)(C)C(=O)O.[CH3-].[CH3-].[CH3-].[CH3-].[Ru+2].[Ru+2]. The average Bonchev–Trinajstić information content (AvgIpc) is 2.35. The van der Waals surface area contributed by atoms with Crippen LogP contribution in [0, 0.1) is 51.4 Å². The third-order valence-corrected chi connectivity index (χ3v) is 2.57. The molecule has 0 saturated heterocycles. The van der Waals surface area contributed by atoms with E-state index in [0.717, 1.165) is 0 Å². The van der Waals surface area contributed by atoms with Gasteiger partial charge in [-0.05, 0) is 83.1 Å². The van der Waals surface area contributed by atoms with Gasteiger partial charge in [0.15, 0.2) is 0 Å². The van der Waals surface area contributed by atoms with Gasteiger partial charge in [0.2, 0.25) is 0 Å². The monoisotopic (exact) mass is 672 g/mol. The third-order valence-electron chi connectivity index (χ3n) is 2.57. The number of hydrogen-bond donors (Lipinski definition) is 4. The van der Waals surface area contributed by atoms with E-state index in [2.05, 4.69) is 0 Å². The second-order valence-electron chi connectivity index (χ2n) is 10.2. The molecule has 4 N–H and O–H groups in total. The van der Waals surface area contributed by atoms with Crippen LogP contribution in [-0.2, 0) is 58.1 Å². The molecule has 0 aromatic heterocycles. The molecule has 0 aliphatic heterocycles. The quantitative estimate of drug-likeness (QED) is 0.174. The summed E-state index contributed by atoms with van der Waals surface area (Å²) in [5, 5.41) is 33.0. The van der Waals surface area contributed by atoms with E-state index in [-0.39, 0.29) is 68.7 Å². The third kappa shape index (κ3) is 52.8. The van der Waals surface area contributed by atoms with E-state index in [1.807, 2.05) is 0 Å². The maximum Gasteiger partial charge on any atom is 2.00 e. The predicted octanol–water partition coefficient (Wildman–Crippen LogP) is 6.26. The molecule has 0 heterocycles. The number of rotatable bonds is 0. The Morgan fingerprint density at radius 3 is 0.382 bits per heavy atom. The van der Waals surface area contributed by atoms with E-state index in [1.54, 1.807) is 83.1 Å². The van der Waals surface area contributed by atoms with E-state index < -0.39 is 45.5 Å². The summed E-state index contributed by atoms with van der Waals surface area (Å²) in [6.45, 7) is 19.9. The molecule has 8 nitrogen and oxygen atoms in total. The van der Waals surface area contributed by atoms with Crippen molar-refractivity contribution in [3.05, 3.63) is 29.7 Å². The maximum absolute atomic E-state index is 10.0. The van der Waals surface area contributed by atoms with Gasteiger partial charge in [-0.2, -0.15) is 0 Å². The van der Waals surface area contributed by atoms with Crippen LogP contribution in [0.1, 0.15) is 83.1 Å². The molecular weight excluding hydrogens is 618 g/mol. The molecule has 0 aromatic rings. The molecule has 0 unspecified atom stereocenters. The summed E-state index contributed by atoms with van der Waals surface area (Å²) in [7, 11) is 0. The minimum absolute atomic E-state index is 0. The van der Waals surface area contributed by atoms with Crippen LogP contribution in [0.5, 0.6) is 0 Å². The van der Waals surface area contributed by atoms with Gasteiger partial charge < -0.3 is 50.1 Å². The van der Waals surface area contributed by atoms with E-state index in [9.17, 15) is 19.2 Å². The van der Waals surface area contributed by atoms with Crippen molar-refractivity contribution in [2.24, 2.45) is 21.7 Å². The van der Waals surface area contributed by atoms with Crippen LogP contribution in [0.4, 0.5) is 0 Å². The standard InChI is InChI=1S/4C5H10O2.4CH3.2Ru/c4*1-5(2,3)4(6)7;;;;;;/h4*1-3H3,(H,6,7);4*1H3;;/q;;;;4*-1;2*+2. The summed E-state index contributed by atoms with van der Waals surface area (Å²) in [5.74, 6) is -3.03. The molecule has 0 fully saturated rings. The van der Waals surface area contributed by atoms with Crippen LogP contribution in [0.3, 0.4) is 0 Å². The fourth-order valence-corrected chi connectivity index (χ4v) is 0. The number of hydrogen-bond acceptors (Lipinski definition) is 4. The molecule has 0 bridgehead atoms. The van der Waals surface area contributed by atoms with E-state index in [0.29, 0.717) is 0 Å². The summed E-state index contributed by atoms with van der Waals surface area (Å²) in [5.41, 5.74) is -2.33. The summed E-state index contributed by atoms with van der Waals surface area (Å²) in [6, 6.07) is 0. The zero-order valence-electron chi connectivity index (χ0n) is 24.1. The maximum atomic E-state index is 10.0. The van der Waals surface area contributed by atoms with Gasteiger partial charge in [0.25, 0.3) is 0 Å². The number of aliphatic carboxylic acids is 4. The summed E-state index contributed by atoms with van der Waals surface area (Å²) >= 11 is 0. The molecule has 34 heavy (non-hydrogen) atoms. The second kappa shape index (κ2) is 25.2.